The number of carbonyl (C=O) groups excluding carboxylic acids is 1. The Morgan fingerprint density at radius 2 is 1.54 bits per heavy atom. The van der Waals surface area contributed by atoms with Crippen molar-refractivity contribution in [1.82, 2.24) is 0 Å². The molecular formula is C17H33NaO5S. The number of carbonyl (C=O) groups is 1. The van der Waals surface area contributed by atoms with E-state index in [1.54, 1.807) is 6.92 Å². The van der Waals surface area contributed by atoms with Crippen molar-refractivity contribution in [2.24, 2.45) is 0 Å². The van der Waals surface area contributed by atoms with Gasteiger partial charge in [0.25, 0.3) is 0 Å². The number of rotatable bonds is 14. The molecule has 138 valence electrons. The van der Waals surface area contributed by atoms with E-state index in [1.807, 2.05) is 0 Å². The molecule has 0 aliphatic heterocycles. The SMILES string of the molecule is CCCCC=CCCCCCCCC(=O)OC(CC)S(=O)(=O)O.[NaH]. The van der Waals surface area contributed by atoms with Gasteiger partial charge in [-0.3, -0.25) is 9.35 Å². The minimum absolute atomic E-state index is 0. The Morgan fingerprint density at radius 3 is 2.08 bits per heavy atom. The minimum atomic E-state index is -4.31. The van der Waals surface area contributed by atoms with Gasteiger partial charge in [0.1, 0.15) is 0 Å². The first-order chi connectivity index (χ1) is 10.9. The fourth-order valence-electron chi connectivity index (χ4n) is 2.18. The fraction of sp³-hybridized carbons (Fsp3) is 0.824. The van der Waals surface area contributed by atoms with Crippen molar-refractivity contribution < 1.29 is 22.5 Å². The number of hydrogen-bond acceptors (Lipinski definition) is 4. The topological polar surface area (TPSA) is 80.7 Å². The Bertz CT molecular complexity index is 434. The van der Waals surface area contributed by atoms with E-state index >= 15 is 0 Å². The van der Waals surface area contributed by atoms with E-state index in [0.29, 0.717) is 6.42 Å². The summed E-state index contributed by atoms with van der Waals surface area (Å²) >= 11 is 0. The Morgan fingerprint density at radius 1 is 1.00 bits per heavy atom. The number of hydrogen-bond donors (Lipinski definition) is 1. The first kappa shape index (κ1) is 26.4. The molecule has 0 spiro atoms. The van der Waals surface area contributed by atoms with Crippen LogP contribution in [0.1, 0.15) is 84.5 Å². The van der Waals surface area contributed by atoms with Crippen LogP contribution in [0.2, 0.25) is 0 Å². The predicted molar refractivity (Wildman–Crippen MR) is 99.9 cm³/mol. The second kappa shape index (κ2) is 16.6. The normalized spacial score (nSPS) is 12.8. The molecule has 0 aliphatic carbocycles. The van der Waals surface area contributed by atoms with E-state index in [2.05, 4.69) is 19.1 Å². The monoisotopic (exact) mass is 372 g/mol. The van der Waals surface area contributed by atoms with E-state index in [9.17, 15) is 13.2 Å². The Balaban J connectivity index is 0. The zero-order chi connectivity index (χ0) is 17.6. The van der Waals surface area contributed by atoms with E-state index in [0.717, 1.165) is 32.1 Å². The van der Waals surface area contributed by atoms with Gasteiger partial charge >= 0.3 is 45.6 Å². The molecule has 0 fully saturated rings. The van der Waals surface area contributed by atoms with E-state index in [1.165, 1.54) is 19.3 Å². The van der Waals surface area contributed by atoms with Crippen LogP contribution < -0.4 is 0 Å². The summed E-state index contributed by atoms with van der Waals surface area (Å²) in [6, 6.07) is 0. The molecule has 1 N–H and O–H groups in total. The second-order valence-electron chi connectivity index (χ2n) is 5.76. The van der Waals surface area contributed by atoms with Gasteiger partial charge in [0.05, 0.1) is 0 Å². The van der Waals surface area contributed by atoms with Crippen LogP contribution in [0, 0.1) is 0 Å². The van der Waals surface area contributed by atoms with Crippen molar-refractivity contribution in [3.05, 3.63) is 12.2 Å². The van der Waals surface area contributed by atoms with Crippen molar-refractivity contribution in [1.29, 1.82) is 0 Å². The summed E-state index contributed by atoms with van der Waals surface area (Å²) in [7, 11) is -4.31. The van der Waals surface area contributed by atoms with Gasteiger partial charge in [-0.15, -0.1) is 0 Å². The molecule has 0 aromatic rings. The molecule has 0 saturated carbocycles. The fourth-order valence-corrected chi connectivity index (χ4v) is 2.83. The summed E-state index contributed by atoms with van der Waals surface area (Å²) in [5.74, 6) is -0.562. The third-order valence-corrected chi connectivity index (χ3v) is 4.67. The molecule has 24 heavy (non-hydrogen) atoms. The molecule has 1 unspecified atom stereocenters. The first-order valence-electron chi connectivity index (χ1n) is 8.72. The van der Waals surface area contributed by atoms with Crippen molar-refractivity contribution in [2.45, 2.75) is 89.9 Å². The number of allylic oxidation sites excluding steroid dienone is 2. The molecule has 1 atom stereocenters. The first-order valence-corrected chi connectivity index (χ1v) is 10.2. The van der Waals surface area contributed by atoms with Crippen molar-refractivity contribution in [2.75, 3.05) is 0 Å². The predicted octanol–water partition coefficient (Wildman–Crippen LogP) is 3.98. The molecule has 7 heteroatoms. The van der Waals surface area contributed by atoms with Crippen LogP contribution in [-0.2, 0) is 19.6 Å². The molecule has 0 aliphatic rings. The standard InChI is InChI=1S/C17H32O5S.Na.H/c1-3-5-6-7-8-9-10-11-12-13-14-15-16(18)22-17(4-2)23(19,20)21;;/h7-8,17H,3-6,9-15H2,1-2H3,(H,19,20,21);;. The van der Waals surface area contributed by atoms with Crippen molar-refractivity contribution in [3.8, 4) is 0 Å². The van der Waals surface area contributed by atoms with Gasteiger partial charge in [0.2, 0.25) is 5.44 Å². The molecule has 0 amide bonds. The van der Waals surface area contributed by atoms with Gasteiger partial charge < -0.3 is 4.74 Å². The van der Waals surface area contributed by atoms with Gasteiger partial charge in [-0.1, -0.05) is 58.1 Å². The van der Waals surface area contributed by atoms with Crippen LogP contribution in [0.3, 0.4) is 0 Å². The summed E-state index contributed by atoms with van der Waals surface area (Å²) < 4.78 is 35.5. The second-order valence-corrected chi connectivity index (χ2v) is 7.32. The third kappa shape index (κ3) is 15.6. The Kier molecular flexibility index (Phi) is 18.2. The molecule has 0 heterocycles. The molecule has 0 aromatic heterocycles. The molecule has 0 saturated heterocycles. The van der Waals surface area contributed by atoms with E-state index < -0.39 is 21.5 Å². The maximum absolute atomic E-state index is 11.5. The average molecular weight is 373 g/mol. The van der Waals surface area contributed by atoms with Crippen LogP contribution in [0.5, 0.6) is 0 Å². The molecule has 0 bridgehead atoms. The van der Waals surface area contributed by atoms with Gasteiger partial charge in [-0.25, -0.2) is 0 Å². The van der Waals surface area contributed by atoms with Crippen LogP contribution in [0.15, 0.2) is 12.2 Å². The molecule has 0 radical (unpaired) electrons. The zero-order valence-electron chi connectivity index (χ0n) is 14.5. The molecule has 0 aromatic carbocycles. The zero-order valence-corrected chi connectivity index (χ0v) is 15.3. The number of unbranched alkanes of at least 4 members (excludes halogenated alkanes) is 7. The van der Waals surface area contributed by atoms with Gasteiger partial charge in [-0.05, 0) is 32.1 Å². The number of esters is 1. The van der Waals surface area contributed by atoms with Crippen LogP contribution in [0.25, 0.3) is 0 Å². The number of ether oxygens (including phenoxy) is 1. The van der Waals surface area contributed by atoms with Gasteiger partial charge in [0, 0.05) is 6.42 Å². The summed E-state index contributed by atoms with van der Waals surface area (Å²) in [6.07, 6.45) is 14.5. The van der Waals surface area contributed by atoms with Crippen molar-refractivity contribution in [3.63, 3.8) is 0 Å². The third-order valence-electron chi connectivity index (χ3n) is 3.57. The van der Waals surface area contributed by atoms with E-state index in [4.69, 9.17) is 9.29 Å². The molecule has 0 rings (SSSR count). The van der Waals surface area contributed by atoms with Crippen LogP contribution >= 0.6 is 0 Å². The van der Waals surface area contributed by atoms with Gasteiger partial charge in [-0.2, -0.15) is 8.42 Å². The Hall–Kier alpha value is 0.120. The summed E-state index contributed by atoms with van der Waals surface area (Å²) in [4.78, 5) is 11.5. The summed E-state index contributed by atoms with van der Waals surface area (Å²) in [6.45, 7) is 3.73. The van der Waals surface area contributed by atoms with Crippen LogP contribution in [-0.4, -0.2) is 53.9 Å². The van der Waals surface area contributed by atoms with Crippen molar-refractivity contribution >= 4 is 45.6 Å². The quantitative estimate of drug-likeness (QED) is 0.164. The van der Waals surface area contributed by atoms with E-state index in [-0.39, 0.29) is 42.4 Å². The summed E-state index contributed by atoms with van der Waals surface area (Å²) in [5, 5.41) is 0. The van der Waals surface area contributed by atoms with Crippen LogP contribution in [0.4, 0.5) is 0 Å². The average Bonchev–Trinajstić information content (AvgIpc) is 2.49. The molecule has 5 nitrogen and oxygen atoms in total. The Labute approximate surface area is 169 Å². The maximum atomic E-state index is 11.5. The summed E-state index contributed by atoms with van der Waals surface area (Å²) in [5.41, 5.74) is -1.44. The van der Waals surface area contributed by atoms with Gasteiger partial charge in [0.15, 0.2) is 0 Å². The molecular weight excluding hydrogens is 339 g/mol.